The average Bonchev–Trinajstić information content (AvgIpc) is 3.21. The van der Waals surface area contributed by atoms with Gasteiger partial charge < -0.3 is 0 Å². The Hall–Kier alpha value is -6.78. The highest BCUT2D eigenvalue weighted by atomic mass is 14.9. The van der Waals surface area contributed by atoms with Gasteiger partial charge in [-0.25, -0.2) is 19.9 Å². The van der Waals surface area contributed by atoms with E-state index in [1.807, 2.05) is 42.5 Å². The summed E-state index contributed by atoms with van der Waals surface area (Å²) in [7, 11) is 0. The Bertz CT molecular complexity index is 2630. The molecule has 0 amide bonds. The lowest BCUT2D eigenvalue weighted by Gasteiger charge is -2.12. The van der Waals surface area contributed by atoms with Crippen LogP contribution in [-0.2, 0) is 0 Å². The van der Waals surface area contributed by atoms with Crippen molar-refractivity contribution in [2.24, 2.45) is 0 Å². The molecule has 0 aliphatic heterocycles. The Morgan fingerprint density at radius 3 is 1.39 bits per heavy atom. The van der Waals surface area contributed by atoms with Crippen LogP contribution < -0.4 is 0 Å². The van der Waals surface area contributed by atoms with Gasteiger partial charge in [-0.3, -0.25) is 0 Å². The zero-order valence-corrected chi connectivity index (χ0v) is 28.0. The molecule has 3 aromatic heterocycles. The lowest BCUT2D eigenvalue weighted by molar-refractivity contribution is 1.18. The fourth-order valence-corrected chi connectivity index (χ4v) is 6.74. The quantitative estimate of drug-likeness (QED) is 0.168. The highest BCUT2D eigenvalue weighted by Crippen LogP contribution is 2.34. The van der Waals surface area contributed by atoms with Gasteiger partial charge in [0, 0.05) is 38.6 Å². The normalized spacial score (nSPS) is 11.2. The molecule has 4 heteroatoms. The van der Waals surface area contributed by atoms with Gasteiger partial charge in [0.25, 0.3) is 0 Å². The van der Waals surface area contributed by atoms with Gasteiger partial charge in [0.15, 0.2) is 5.82 Å². The molecule has 0 saturated heterocycles. The van der Waals surface area contributed by atoms with Crippen molar-refractivity contribution in [3.05, 3.63) is 181 Å². The predicted octanol–water partition coefficient (Wildman–Crippen LogP) is 11.9. The van der Waals surface area contributed by atoms with Gasteiger partial charge in [0.1, 0.15) is 0 Å². The Kier molecular flexibility index (Phi) is 7.67. The molecule has 3 heterocycles. The van der Waals surface area contributed by atoms with Crippen molar-refractivity contribution in [1.29, 1.82) is 0 Å². The standard InChI is InChI=1S/C47H32N4/c1-31-27-42(32-13-5-2-6-14-32)49-46-40(31)25-23-35-24-26-41(48-45(35)46)38-21-11-19-36(28-38)37-20-12-22-39(29-37)47-50-43(33-15-7-3-8-16-33)30-44(51-47)34-17-9-4-10-18-34/h2-30H,1H3. The van der Waals surface area contributed by atoms with Crippen molar-refractivity contribution in [2.75, 3.05) is 0 Å². The van der Waals surface area contributed by atoms with Crippen molar-refractivity contribution in [3.8, 4) is 67.5 Å². The largest absolute Gasteiger partial charge is 0.245 e. The van der Waals surface area contributed by atoms with Crippen molar-refractivity contribution in [1.82, 2.24) is 19.9 Å². The molecule has 9 aromatic rings. The zero-order valence-electron chi connectivity index (χ0n) is 28.0. The minimum atomic E-state index is 0.689. The summed E-state index contributed by atoms with van der Waals surface area (Å²) in [6.07, 6.45) is 0. The molecule has 0 bridgehead atoms. The molecule has 0 atom stereocenters. The molecule has 0 aliphatic carbocycles. The van der Waals surface area contributed by atoms with Crippen molar-refractivity contribution < 1.29 is 0 Å². The van der Waals surface area contributed by atoms with Gasteiger partial charge in [-0.15, -0.1) is 0 Å². The molecule has 0 fully saturated rings. The number of pyridine rings is 2. The van der Waals surface area contributed by atoms with E-state index >= 15 is 0 Å². The van der Waals surface area contributed by atoms with E-state index < -0.39 is 0 Å². The maximum atomic E-state index is 5.24. The van der Waals surface area contributed by atoms with Crippen LogP contribution in [0.1, 0.15) is 5.56 Å². The minimum Gasteiger partial charge on any atom is -0.245 e. The summed E-state index contributed by atoms with van der Waals surface area (Å²) < 4.78 is 0. The summed E-state index contributed by atoms with van der Waals surface area (Å²) in [6.45, 7) is 2.15. The van der Waals surface area contributed by atoms with E-state index in [-0.39, 0.29) is 0 Å². The van der Waals surface area contributed by atoms with Crippen LogP contribution in [0.4, 0.5) is 0 Å². The summed E-state index contributed by atoms with van der Waals surface area (Å²) in [5.41, 5.74) is 14.0. The Balaban J connectivity index is 1.12. The van der Waals surface area contributed by atoms with Crippen LogP contribution in [-0.4, -0.2) is 19.9 Å². The molecule has 4 nitrogen and oxygen atoms in total. The number of rotatable bonds is 6. The summed E-state index contributed by atoms with van der Waals surface area (Å²) in [5.74, 6) is 0.689. The smallest absolute Gasteiger partial charge is 0.160 e. The first-order chi connectivity index (χ1) is 25.2. The molecule has 0 radical (unpaired) electrons. The van der Waals surface area contributed by atoms with E-state index in [1.54, 1.807) is 0 Å². The molecule has 0 aliphatic rings. The van der Waals surface area contributed by atoms with E-state index in [4.69, 9.17) is 19.9 Å². The van der Waals surface area contributed by atoms with Crippen LogP contribution >= 0.6 is 0 Å². The lowest BCUT2D eigenvalue weighted by Crippen LogP contribution is -1.96. The van der Waals surface area contributed by atoms with Gasteiger partial charge in [0.05, 0.1) is 33.8 Å². The fraction of sp³-hybridized carbons (Fsp3) is 0.0213. The van der Waals surface area contributed by atoms with Crippen molar-refractivity contribution in [3.63, 3.8) is 0 Å². The second kappa shape index (κ2) is 12.9. The second-order valence-electron chi connectivity index (χ2n) is 12.8. The monoisotopic (exact) mass is 652 g/mol. The average molecular weight is 653 g/mol. The predicted molar refractivity (Wildman–Crippen MR) is 210 cm³/mol. The molecule has 0 unspecified atom stereocenters. The molecular weight excluding hydrogens is 621 g/mol. The van der Waals surface area contributed by atoms with Gasteiger partial charge in [-0.2, -0.15) is 0 Å². The number of aromatic nitrogens is 4. The number of fused-ring (bicyclic) bond motifs is 3. The first kappa shape index (κ1) is 30.3. The Morgan fingerprint density at radius 2 is 0.784 bits per heavy atom. The molecule has 0 saturated carbocycles. The van der Waals surface area contributed by atoms with Crippen LogP contribution in [0.2, 0.25) is 0 Å². The van der Waals surface area contributed by atoms with E-state index in [0.29, 0.717) is 5.82 Å². The lowest BCUT2D eigenvalue weighted by atomic mass is 9.98. The van der Waals surface area contributed by atoms with Crippen LogP contribution in [0.3, 0.4) is 0 Å². The maximum Gasteiger partial charge on any atom is 0.160 e. The van der Waals surface area contributed by atoms with E-state index in [0.717, 1.165) is 83.5 Å². The summed E-state index contributed by atoms with van der Waals surface area (Å²) in [5, 5.41) is 2.19. The van der Waals surface area contributed by atoms with Crippen molar-refractivity contribution in [2.45, 2.75) is 6.92 Å². The van der Waals surface area contributed by atoms with E-state index in [9.17, 15) is 0 Å². The third-order valence-corrected chi connectivity index (χ3v) is 9.39. The number of benzene rings is 6. The molecule has 0 N–H and O–H groups in total. The molecule has 6 aromatic carbocycles. The number of aryl methyl sites for hydroxylation is 1. The third-order valence-electron chi connectivity index (χ3n) is 9.39. The summed E-state index contributed by atoms with van der Waals surface area (Å²) in [6, 6.07) is 60.8. The van der Waals surface area contributed by atoms with Gasteiger partial charge in [-0.05, 0) is 53.9 Å². The highest BCUT2D eigenvalue weighted by Gasteiger charge is 2.14. The maximum absolute atomic E-state index is 5.24. The number of hydrogen-bond acceptors (Lipinski definition) is 4. The fourth-order valence-electron chi connectivity index (χ4n) is 6.74. The third kappa shape index (κ3) is 5.94. The summed E-state index contributed by atoms with van der Waals surface area (Å²) >= 11 is 0. The summed E-state index contributed by atoms with van der Waals surface area (Å²) in [4.78, 5) is 20.5. The van der Waals surface area contributed by atoms with Gasteiger partial charge >= 0.3 is 0 Å². The molecule has 0 spiro atoms. The van der Waals surface area contributed by atoms with Crippen LogP contribution in [0.25, 0.3) is 89.4 Å². The molecule has 51 heavy (non-hydrogen) atoms. The molecule has 9 rings (SSSR count). The van der Waals surface area contributed by atoms with Crippen molar-refractivity contribution >= 4 is 21.8 Å². The van der Waals surface area contributed by atoms with Crippen LogP contribution in [0.5, 0.6) is 0 Å². The molecular formula is C47H32N4. The number of nitrogens with zero attached hydrogens (tertiary/aromatic N) is 4. The SMILES string of the molecule is Cc1cc(-c2ccccc2)nc2c1ccc1ccc(-c3cccc(-c4cccc(-c5nc(-c6ccccc6)cc(-c6ccccc6)n5)c4)c3)nc12. The van der Waals surface area contributed by atoms with Crippen LogP contribution in [0, 0.1) is 6.92 Å². The topological polar surface area (TPSA) is 51.6 Å². The first-order valence-electron chi connectivity index (χ1n) is 17.1. The highest BCUT2D eigenvalue weighted by molar-refractivity contribution is 6.05. The zero-order chi connectivity index (χ0) is 34.1. The second-order valence-corrected chi connectivity index (χ2v) is 12.8. The first-order valence-corrected chi connectivity index (χ1v) is 17.1. The number of hydrogen-bond donors (Lipinski definition) is 0. The Labute approximate surface area is 296 Å². The van der Waals surface area contributed by atoms with Gasteiger partial charge in [-0.1, -0.05) is 146 Å². The Morgan fingerprint density at radius 1 is 0.314 bits per heavy atom. The van der Waals surface area contributed by atoms with E-state index in [1.165, 1.54) is 5.56 Å². The van der Waals surface area contributed by atoms with E-state index in [2.05, 4.69) is 140 Å². The van der Waals surface area contributed by atoms with Gasteiger partial charge in [0.2, 0.25) is 0 Å². The molecule has 240 valence electrons. The van der Waals surface area contributed by atoms with Crippen LogP contribution in [0.15, 0.2) is 176 Å². The minimum absolute atomic E-state index is 0.689.